The molecule has 0 aliphatic rings. The lowest BCUT2D eigenvalue weighted by Gasteiger charge is -2.15. The van der Waals surface area contributed by atoms with Crippen LogP contribution in [0.1, 0.15) is 18.9 Å². The Morgan fingerprint density at radius 3 is 2.79 bits per heavy atom. The van der Waals surface area contributed by atoms with Gasteiger partial charge in [0.15, 0.2) is 0 Å². The minimum atomic E-state index is -0.340. The molecule has 0 aromatic heterocycles. The first-order chi connectivity index (χ1) is 9.12. The van der Waals surface area contributed by atoms with E-state index < -0.39 is 0 Å². The van der Waals surface area contributed by atoms with Crippen molar-refractivity contribution < 1.29 is 13.9 Å². The van der Waals surface area contributed by atoms with Crippen LogP contribution in [0.25, 0.3) is 0 Å². The number of rotatable bonds is 7. The zero-order valence-corrected chi connectivity index (χ0v) is 11.6. The third-order valence-electron chi connectivity index (χ3n) is 3.01. The smallest absolute Gasteiger partial charge is 0.224 e. The molecule has 0 aliphatic carbocycles. The first-order valence-corrected chi connectivity index (χ1v) is 6.37. The number of methoxy groups -OCH3 is 1. The lowest BCUT2D eigenvalue weighted by atomic mass is 10.1. The molecule has 106 valence electrons. The third kappa shape index (κ3) is 4.52. The van der Waals surface area contributed by atoms with Gasteiger partial charge >= 0.3 is 0 Å². The summed E-state index contributed by atoms with van der Waals surface area (Å²) in [5.41, 5.74) is 0.634. The Morgan fingerprint density at radius 1 is 1.47 bits per heavy atom. The zero-order chi connectivity index (χ0) is 14.3. The molecule has 2 N–H and O–H groups in total. The van der Waals surface area contributed by atoms with Gasteiger partial charge in [-0.25, -0.2) is 4.39 Å². The van der Waals surface area contributed by atoms with E-state index in [0.29, 0.717) is 17.9 Å². The average Bonchev–Trinajstić information content (AvgIpc) is 2.42. The van der Waals surface area contributed by atoms with Gasteiger partial charge in [0.25, 0.3) is 0 Å². The van der Waals surface area contributed by atoms with Gasteiger partial charge in [-0.2, -0.15) is 0 Å². The highest BCUT2D eigenvalue weighted by Crippen LogP contribution is 2.19. The van der Waals surface area contributed by atoms with Crippen molar-refractivity contribution in [3.05, 3.63) is 29.6 Å². The summed E-state index contributed by atoms with van der Waals surface area (Å²) in [5.74, 6) is 0.114. The van der Waals surface area contributed by atoms with Crippen molar-refractivity contribution in [1.29, 1.82) is 0 Å². The fourth-order valence-electron chi connectivity index (χ4n) is 1.88. The predicted octanol–water partition coefficient (Wildman–Crippen LogP) is 1.70. The van der Waals surface area contributed by atoms with Crippen LogP contribution in [0.4, 0.5) is 4.39 Å². The quantitative estimate of drug-likeness (QED) is 0.791. The number of hydrogen-bond donors (Lipinski definition) is 2. The van der Waals surface area contributed by atoms with Gasteiger partial charge < -0.3 is 15.4 Å². The first-order valence-electron chi connectivity index (χ1n) is 6.37. The molecule has 0 saturated heterocycles. The van der Waals surface area contributed by atoms with Gasteiger partial charge in [-0.3, -0.25) is 4.79 Å². The SMILES string of the molecule is CCC(CNC)C(=O)NCc1cc(F)ccc1OC. The van der Waals surface area contributed by atoms with E-state index in [1.807, 2.05) is 14.0 Å². The summed E-state index contributed by atoms with van der Waals surface area (Å²) in [6.45, 7) is 2.85. The fraction of sp³-hybridized carbons (Fsp3) is 0.500. The molecule has 19 heavy (non-hydrogen) atoms. The third-order valence-corrected chi connectivity index (χ3v) is 3.01. The highest BCUT2D eigenvalue weighted by molar-refractivity contribution is 5.78. The highest BCUT2D eigenvalue weighted by atomic mass is 19.1. The second-order valence-corrected chi connectivity index (χ2v) is 4.34. The molecule has 1 unspecified atom stereocenters. The number of halogens is 1. The number of benzene rings is 1. The first kappa shape index (κ1) is 15.4. The highest BCUT2D eigenvalue weighted by Gasteiger charge is 2.15. The largest absolute Gasteiger partial charge is 0.496 e. The summed E-state index contributed by atoms with van der Waals surface area (Å²) < 4.78 is 18.3. The Hall–Kier alpha value is -1.62. The van der Waals surface area contributed by atoms with E-state index in [1.165, 1.54) is 19.2 Å². The monoisotopic (exact) mass is 268 g/mol. The molecule has 0 fully saturated rings. The molecule has 1 aromatic rings. The Labute approximate surface area is 113 Å². The molecule has 0 bridgehead atoms. The molecule has 1 rings (SSSR count). The summed E-state index contributed by atoms with van der Waals surface area (Å²) >= 11 is 0. The van der Waals surface area contributed by atoms with Gasteiger partial charge in [-0.15, -0.1) is 0 Å². The van der Waals surface area contributed by atoms with Gasteiger partial charge in [0.2, 0.25) is 5.91 Å². The standard InChI is InChI=1S/C14H21FN2O2/c1-4-10(8-16-2)14(18)17-9-11-7-12(15)5-6-13(11)19-3/h5-7,10,16H,4,8-9H2,1-3H3,(H,17,18). The van der Waals surface area contributed by atoms with Crippen LogP contribution in [-0.2, 0) is 11.3 Å². The Balaban J connectivity index is 2.65. The van der Waals surface area contributed by atoms with Gasteiger partial charge in [0, 0.05) is 18.7 Å². The molecule has 0 heterocycles. The van der Waals surface area contributed by atoms with Crippen LogP contribution in [-0.4, -0.2) is 26.6 Å². The van der Waals surface area contributed by atoms with Crippen LogP contribution < -0.4 is 15.4 Å². The Morgan fingerprint density at radius 2 is 2.21 bits per heavy atom. The molecule has 0 saturated carbocycles. The van der Waals surface area contributed by atoms with Gasteiger partial charge in [0.1, 0.15) is 11.6 Å². The molecule has 1 amide bonds. The summed E-state index contributed by atoms with van der Waals surface area (Å²) in [5, 5.41) is 5.80. The van der Waals surface area contributed by atoms with Crippen molar-refractivity contribution in [1.82, 2.24) is 10.6 Å². The zero-order valence-electron chi connectivity index (χ0n) is 11.6. The van der Waals surface area contributed by atoms with Crippen molar-refractivity contribution in [2.45, 2.75) is 19.9 Å². The normalized spacial score (nSPS) is 12.0. The maximum atomic E-state index is 13.2. The minimum absolute atomic E-state index is 0.0387. The van der Waals surface area contributed by atoms with Gasteiger partial charge in [-0.1, -0.05) is 6.92 Å². The maximum Gasteiger partial charge on any atom is 0.224 e. The second kappa shape index (κ2) is 7.74. The van der Waals surface area contributed by atoms with Crippen molar-refractivity contribution in [3.8, 4) is 5.75 Å². The second-order valence-electron chi connectivity index (χ2n) is 4.34. The van der Waals surface area contributed by atoms with E-state index in [4.69, 9.17) is 4.74 Å². The molecular formula is C14H21FN2O2. The topological polar surface area (TPSA) is 50.4 Å². The molecule has 0 spiro atoms. The van der Waals surface area contributed by atoms with E-state index >= 15 is 0 Å². The van der Waals surface area contributed by atoms with E-state index in [0.717, 1.165) is 6.42 Å². The lowest BCUT2D eigenvalue weighted by molar-refractivity contribution is -0.125. The molecule has 1 aromatic carbocycles. The van der Waals surface area contributed by atoms with Crippen LogP contribution in [0.2, 0.25) is 0 Å². The van der Waals surface area contributed by atoms with Crippen LogP contribution >= 0.6 is 0 Å². The summed E-state index contributed by atoms with van der Waals surface area (Å²) in [6.07, 6.45) is 0.757. The Bertz CT molecular complexity index is 424. The summed E-state index contributed by atoms with van der Waals surface area (Å²) in [7, 11) is 3.33. The lowest BCUT2D eigenvalue weighted by Crippen LogP contribution is -2.35. The molecule has 4 nitrogen and oxygen atoms in total. The Kier molecular flexibility index (Phi) is 6.29. The van der Waals surface area contributed by atoms with Crippen molar-refractivity contribution in [2.75, 3.05) is 20.7 Å². The number of ether oxygens (including phenoxy) is 1. The van der Waals surface area contributed by atoms with E-state index in [-0.39, 0.29) is 24.2 Å². The van der Waals surface area contributed by atoms with Crippen molar-refractivity contribution in [2.24, 2.45) is 5.92 Å². The van der Waals surface area contributed by atoms with E-state index in [2.05, 4.69) is 10.6 Å². The minimum Gasteiger partial charge on any atom is -0.496 e. The van der Waals surface area contributed by atoms with E-state index in [1.54, 1.807) is 6.07 Å². The maximum absolute atomic E-state index is 13.2. The van der Waals surface area contributed by atoms with Crippen LogP contribution in [0.15, 0.2) is 18.2 Å². The molecular weight excluding hydrogens is 247 g/mol. The van der Waals surface area contributed by atoms with Crippen LogP contribution in [0.3, 0.4) is 0 Å². The predicted molar refractivity (Wildman–Crippen MR) is 72.5 cm³/mol. The summed E-state index contributed by atoms with van der Waals surface area (Å²) in [6, 6.07) is 4.26. The van der Waals surface area contributed by atoms with Crippen molar-refractivity contribution in [3.63, 3.8) is 0 Å². The summed E-state index contributed by atoms with van der Waals surface area (Å²) in [4.78, 5) is 11.9. The van der Waals surface area contributed by atoms with Gasteiger partial charge in [0.05, 0.1) is 13.0 Å². The number of amides is 1. The van der Waals surface area contributed by atoms with E-state index in [9.17, 15) is 9.18 Å². The molecule has 0 radical (unpaired) electrons. The van der Waals surface area contributed by atoms with Gasteiger partial charge in [-0.05, 0) is 31.7 Å². The average molecular weight is 268 g/mol. The van der Waals surface area contributed by atoms with Crippen molar-refractivity contribution >= 4 is 5.91 Å². The number of nitrogens with one attached hydrogen (secondary N) is 2. The molecule has 1 atom stereocenters. The molecule has 5 heteroatoms. The number of carbonyl (C=O) groups is 1. The fourth-order valence-corrected chi connectivity index (χ4v) is 1.88. The number of hydrogen-bond acceptors (Lipinski definition) is 3. The molecule has 0 aliphatic heterocycles. The van der Waals surface area contributed by atoms with Crippen LogP contribution in [0.5, 0.6) is 5.75 Å². The number of carbonyl (C=O) groups excluding carboxylic acids is 1. The van der Waals surface area contributed by atoms with Crippen LogP contribution in [0, 0.1) is 11.7 Å².